The number of rotatable bonds is 6. The SMILES string of the molecule is CN(C)S(=O)(=O)c1ccc(Cl)c(NC(=O)CN2CCN(c3cccc(Cl)c3)CC2)c1. The van der Waals surface area contributed by atoms with Gasteiger partial charge < -0.3 is 10.2 Å². The van der Waals surface area contributed by atoms with E-state index in [9.17, 15) is 13.2 Å². The molecule has 1 aliphatic heterocycles. The van der Waals surface area contributed by atoms with Gasteiger partial charge in [0.15, 0.2) is 0 Å². The van der Waals surface area contributed by atoms with E-state index in [2.05, 4.69) is 10.2 Å². The first kappa shape index (κ1) is 22.8. The molecule has 2 aromatic carbocycles. The van der Waals surface area contributed by atoms with E-state index >= 15 is 0 Å². The monoisotopic (exact) mass is 470 g/mol. The molecular weight excluding hydrogens is 447 g/mol. The van der Waals surface area contributed by atoms with Crippen molar-refractivity contribution in [1.82, 2.24) is 9.21 Å². The number of piperazine rings is 1. The highest BCUT2D eigenvalue weighted by atomic mass is 35.5. The molecule has 0 atom stereocenters. The average molecular weight is 471 g/mol. The molecule has 2 aromatic rings. The zero-order chi connectivity index (χ0) is 21.9. The van der Waals surface area contributed by atoms with E-state index in [1.807, 2.05) is 29.2 Å². The number of anilines is 2. The molecule has 30 heavy (non-hydrogen) atoms. The van der Waals surface area contributed by atoms with Crippen LogP contribution in [0.4, 0.5) is 11.4 Å². The molecule has 1 fully saturated rings. The predicted molar refractivity (Wildman–Crippen MR) is 121 cm³/mol. The molecule has 1 amide bonds. The van der Waals surface area contributed by atoms with Gasteiger partial charge in [-0.25, -0.2) is 12.7 Å². The second-order valence-corrected chi connectivity index (χ2v) is 10.2. The number of hydrogen-bond donors (Lipinski definition) is 1. The standard InChI is InChI=1S/C20H24Cl2N4O3S/c1-24(2)30(28,29)17-6-7-18(22)19(13-17)23-20(27)14-25-8-10-26(11-9-25)16-5-3-4-15(21)12-16/h3-7,12-13H,8-11,14H2,1-2H3,(H,23,27). The summed E-state index contributed by atoms with van der Waals surface area (Å²) in [6.07, 6.45) is 0. The molecular formula is C20H24Cl2N4O3S. The molecule has 0 saturated carbocycles. The fraction of sp³-hybridized carbons (Fsp3) is 0.350. The highest BCUT2D eigenvalue weighted by molar-refractivity contribution is 7.89. The van der Waals surface area contributed by atoms with Crippen molar-refractivity contribution >= 4 is 50.5 Å². The molecule has 1 aliphatic rings. The molecule has 1 saturated heterocycles. The summed E-state index contributed by atoms with van der Waals surface area (Å²) in [7, 11) is -0.717. The van der Waals surface area contributed by atoms with Crippen LogP contribution in [0, 0.1) is 0 Å². The van der Waals surface area contributed by atoms with E-state index < -0.39 is 10.0 Å². The first-order valence-electron chi connectivity index (χ1n) is 9.41. The minimum absolute atomic E-state index is 0.0716. The third-order valence-electron chi connectivity index (χ3n) is 4.90. The first-order valence-corrected chi connectivity index (χ1v) is 11.6. The van der Waals surface area contributed by atoms with Crippen LogP contribution in [-0.4, -0.2) is 70.3 Å². The van der Waals surface area contributed by atoms with Crippen molar-refractivity contribution in [1.29, 1.82) is 0 Å². The average Bonchev–Trinajstić information content (AvgIpc) is 2.70. The van der Waals surface area contributed by atoms with Crippen LogP contribution in [0.25, 0.3) is 0 Å². The van der Waals surface area contributed by atoms with Crippen LogP contribution in [0.15, 0.2) is 47.4 Å². The summed E-state index contributed by atoms with van der Waals surface area (Å²) in [5.41, 5.74) is 1.35. The Hall–Kier alpha value is -1.84. The number of hydrogen-bond acceptors (Lipinski definition) is 5. The fourth-order valence-electron chi connectivity index (χ4n) is 3.20. The number of amides is 1. The molecule has 3 rings (SSSR count). The Balaban J connectivity index is 1.59. The number of carbonyl (C=O) groups is 1. The zero-order valence-electron chi connectivity index (χ0n) is 16.8. The van der Waals surface area contributed by atoms with Crippen LogP contribution < -0.4 is 10.2 Å². The largest absolute Gasteiger partial charge is 0.369 e. The van der Waals surface area contributed by atoms with Crippen molar-refractivity contribution in [3.05, 3.63) is 52.5 Å². The summed E-state index contributed by atoms with van der Waals surface area (Å²) in [6, 6.07) is 12.0. The first-order chi connectivity index (χ1) is 14.2. The summed E-state index contributed by atoms with van der Waals surface area (Å²) in [4.78, 5) is 16.9. The molecule has 1 heterocycles. The number of nitrogens with zero attached hydrogens (tertiary/aromatic N) is 3. The number of halogens is 2. The molecule has 162 valence electrons. The van der Waals surface area contributed by atoms with Crippen LogP contribution in [-0.2, 0) is 14.8 Å². The van der Waals surface area contributed by atoms with Crippen LogP contribution in [0.5, 0.6) is 0 Å². The van der Waals surface area contributed by atoms with Gasteiger partial charge in [0.2, 0.25) is 15.9 Å². The normalized spacial score (nSPS) is 15.4. The lowest BCUT2D eigenvalue weighted by Gasteiger charge is -2.35. The zero-order valence-corrected chi connectivity index (χ0v) is 19.1. The van der Waals surface area contributed by atoms with Crippen molar-refractivity contribution < 1.29 is 13.2 Å². The van der Waals surface area contributed by atoms with Gasteiger partial charge in [-0.05, 0) is 36.4 Å². The lowest BCUT2D eigenvalue weighted by Crippen LogP contribution is -2.48. The lowest BCUT2D eigenvalue weighted by molar-refractivity contribution is -0.117. The van der Waals surface area contributed by atoms with Crippen molar-refractivity contribution in [3.8, 4) is 0 Å². The van der Waals surface area contributed by atoms with Crippen molar-refractivity contribution in [3.63, 3.8) is 0 Å². The summed E-state index contributed by atoms with van der Waals surface area (Å²) < 4.78 is 25.7. The van der Waals surface area contributed by atoms with E-state index in [0.29, 0.717) is 5.02 Å². The van der Waals surface area contributed by atoms with E-state index in [1.54, 1.807) is 0 Å². The van der Waals surface area contributed by atoms with Crippen LogP contribution in [0.2, 0.25) is 10.0 Å². The van der Waals surface area contributed by atoms with E-state index in [-0.39, 0.29) is 28.1 Å². The minimum atomic E-state index is -3.62. The second-order valence-electron chi connectivity index (χ2n) is 7.22. The highest BCUT2D eigenvalue weighted by Crippen LogP contribution is 2.26. The Labute approximate surface area is 187 Å². The third-order valence-corrected chi connectivity index (χ3v) is 7.28. The van der Waals surface area contributed by atoms with Gasteiger partial charge >= 0.3 is 0 Å². The maximum Gasteiger partial charge on any atom is 0.242 e. The Morgan fingerprint density at radius 2 is 1.77 bits per heavy atom. The predicted octanol–water partition coefficient (Wildman–Crippen LogP) is 3.00. The number of sulfonamides is 1. The number of benzene rings is 2. The number of carbonyl (C=O) groups excluding carboxylic acids is 1. The molecule has 0 radical (unpaired) electrons. The van der Waals surface area contributed by atoms with Gasteiger partial charge in [-0.1, -0.05) is 29.3 Å². The van der Waals surface area contributed by atoms with Gasteiger partial charge in [-0.2, -0.15) is 0 Å². The maximum absolute atomic E-state index is 12.5. The van der Waals surface area contributed by atoms with Crippen molar-refractivity contribution in [2.24, 2.45) is 0 Å². The smallest absolute Gasteiger partial charge is 0.242 e. The van der Waals surface area contributed by atoms with Crippen molar-refractivity contribution in [2.75, 3.05) is 57.0 Å². The summed E-state index contributed by atoms with van der Waals surface area (Å²) in [6.45, 7) is 3.21. The third kappa shape index (κ3) is 5.44. The van der Waals surface area contributed by atoms with Crippen LogP contribution in [0.3, 0.4) is 0 Å². The Bertz CT molecular complexity index is 1020. The lowest BCUT2D eigenvalue weighted by atomic mass is 10.2. The quantitative estimate of drug-likeness (QED) is 0.702. The Morgan fingerprint density at radius 3 is 2.40 bits per heavy atom. The van der Waals surface area contributed by atoms with Gasteiger partial charge in [-0.15, -0.1) is 0 Å². The summed E-state index contributed by atoms with van der Waals surface area (Å²) in [5.74, 6) is -0.243. The maximum atomic E-state index is 12.5. The second kappa shape index (κ2) is 9.53. The van der Waals surface area contributed by atoms with E-state index in [1.165, 1.54) is 32.3 Å². The topological polar surface area (TPSA) is 73.0 Å². The fourth-order valence-corrected chi connectivity index (χ4v) is 4.48. The van der Waals surface area contributed by atoms with Crippen LogP contribution in [0.1, 0.15) is 0 Å². The van der Waals surface area contributed by atoms with Crippen LogP contribution >= 0.6 is 23.2 Å². The molecule has 0 aromatic heterocycles. The minimum Gasteiger partial charge on any atom is -0.369 e. The molecule has 10 heteroatoms. The van der Waals surface area contributed by atoms with Crippen molar-refractivity contribution in [2.45, 2.75) is 4.90 Å². The Morgan fingerprint density at radius 1 is 1.07 bits per heavy atom. The van der Waals surface area contributed by atoms with Gasteiger partial charge in [0.05, 0.1) is 22.2 Å². The van der Waals surface area contributed by atoms with Gasteiger partial charge in [0.1, 0.15) is 0 Å². The molecule has 0 bridgehead atoms. The van der Waals surface area contributed by atoms with Gasteiger partial charge in [-0.3, -0.25) is 9.69 Å². The van der Waals surface area contributed by atoms with Gasteiger partial charge in [0, 0.05) is 51.0 Å². The van der Waals surface area contributed by atoms with Gasteiger partial charge in [0.25, 0.3) is 0 Å². The Kier molecular flexibility index (Phi) is 7.26. The molecule has 0 spiro atoms. The molecule has 7 nitrogen and oxygen atoms in total. The number of nitrogens with one attached hydrogen (secondary N) is 1. The van der Waals surface area contributed by atoms with E-state index in [0.717, 1.165) is 36.2 Å². The summed E-state index contributed by atoms with van der Waals surface area (Å²) >= 11 is 12.2. The van der Waals surface area contributed by atoms with E-state index in [4.69, 9.17) is 23.2 Å². The summed E-state index contributed by atoms with van der Waals surface area (Å²) in [5, 5.41) is 3.72. The molecule has 0 unspecified atom stereocenters. The molecule has 0 aliphatic carbocycles. The highest BCUT2D eigenvalue weighted by Gasteiger charge is 2.22. The molecule has 1 N–H and O–H groups in total.